The zero-order valence-corrected chi connectivity index (χ0v) is 13.3. The smallest absolute Gasteiger partial charge is 0.325 e. The van der Waals surface area contributed by atoms with Crippen LogP contribution in [0, 0.1) is 0 Å². The number of hydrogen-bond acceptors (Lipinski definition) is 4. The largest absolute Gasteiger partial charge is 0.417 e. The molecule has 1 aromatic heterocycles. The minimum Gasteiger partial charge on any atom is -0.325 e. The molecule has 0 bridgehead atoms. The molecule has 0 aliphatic rings. The maximum atomic E-state index is 12.6. The lowest BCUT2D eigenvalue weighted by Crippen LogP contribution is -2.28. The van der Waals surface area contributed by atoms with Crippen molar-refractivity contribution >= 4 is 21.6 Å². The number of anilines is 1. The number of alkyl halides is 3. The highest BCUT2D eigenvalue weighted by atomic mass is 32.2. The van der Waals surface area contributed by atoms with Crippen LogP contribution < -0.4 is 16.0 Å². The number of nitrogens with two attached hydrogens (primary N) is 1. The zero-order chi connectivity index (χ0) is 18.8. The fourth-order valence-corrected chi connectivity index (χ4v) is 2.42. The summed E-state index contributed by atoms with van der Waals surface area (Å²) in [7, 11) is -3.89. The van der Waals surface area contributed by atoms with E-state index in [4.69, 9.17) is 5.14 Å². The number of carbonyl (C=O) groups excluding carboxylic acids is 1. The van der Waals surface area contributed by atoms with Crippen molar-refractivity contribution in [1.29, 1.82) is 0 Å². The molecule has 0 fully saturated rings. The summed E-state index contributed by atoms with van der Waals surface area (Å²) in [6, 6.07) is 6.17. The van der Waals surface area contributed by atoms with Gasteiger partial charge in [0, 0.05) is 18.0 Å². The average Bonchev–Trinajstić information content (AvgIpc) is 2.48. The number of pyridine rings is 1. The van der Waals surface area contributed by atoms with Gasteiger partial charge in [0.05, 0.1) is 10.5 Å². The van der Waals surface area contributed by atoms with Crippen LogP contribution >= 0.6 is 0 Å². The lowest BCUT2D eigenvalue weighted by Gasteiger charge is -2.11. The molecule has 0 aliphatic heterocycles. The van der Waals surface area contributed by atoms with Gasteiger partial charge in [-0.25, -0.2) is 13.6 Å². The number of nitrogens with one attached hydrogen (secondary N) is 1. The number of aromatic nitrogens is 1. The van der Waals surface area contributed by atoms with Crippen molar-refractivity contribution in [3.8, 4) is 0 Å². The van der Waals surface area contributed by atoms with Gasteiger partial charge in [-0.15, -0.1) is 0 Å². The second-order valence-electron chi connectivity index (χ2n) is 5.00. The van der Waals surface area contributed by atoms with Crippen molar-refractivity contribution in [1.82, 2.24) is 4.57 Å². The highest BCUT2D eigenvalue weighted by Gasteiger charge is 2.31. The minimum atomic E-state index is -4.64. The van der Waals surface area contributed by atoms with E-state index in [2.05, 4.69) is 5.32 Å². The number of hydrogen-bond donors (Lipinski definition) is 2. The Morgan fingerprint density at radius 2 is 1.72 bits per heavy atom. The topological polar surface area (TPSA) is 111 Å². The Morgan fingerprint density at radius 3 is 2.24 bits per heavy atom. The lowest BCUT2D eigenvalue weighted by atomic mass is 10.2. The monoisotopic (exact) mass is 375 g/mol. The van der Waals surface area contributed by atoms with Gasteiger partial charge in [0.2, 0.25) is 15.9 Å². The van der Waals surface area contributed by atoms with Gasteiger partial charge in [-0.2, -0.15) is 13.2 Å². The fourth-order valence-electron chi connectivity index (χ4n) is 1.91. The number of benzene rings is 1. The van der Waals surface area contributed by atoms with E-state index in [0.29, 0.717) is 16.8 Å². The average molecular weight is 375 g/mol. The van der Waals surface area contributed by atoms with Crippen LogP contribution in [0.2, 0.25) is 0 Å². The van der Waals surface area contributed by atoms with Crippen LogP contribution in [0.1, 0.15) is 5.56 Å². The summed E-state index contributed by atoms with van der Waals surface area (Å²) in [6.07, 6.45) is -4.10. The van der Waals surface area contributed by atoms with Gasteiger partial charge in [0.25, 0.3) is 5.56 Å². The Hall–Kier alpha value is -2.66. The zero-order valence-electron chi connectivity index (χ0n) is 12.4. The van der Waals surface area contributed by atoms with Crippen molar-refractivity contribution in [2.45, 2.75) is 17.6 Å². The molecule has 3 N–H and O–H groups in total. The molecule has 1 heterocycles. The van der Waals surface area contributed by atoms with E-state index < -0.39 is 39.8 Å². The molecule has 0 spiro atoms. The maximum Gasteiger partial charge on any atom is 0.417 e. The van der Waals surface area contributed by atoms with E-state index in [1.807, 2.05) is 0 Å². The highest BCUT2D eigenvalue weighted by molar-refractivity contribution is 7.89. The molecule has 0 unspecified atom stereocenters. The van der Waals surface area contributed by atoms with Gasteiger partial charge in [-0.05, 0) is 30.3 Å². The second-order valence-corrected chi connectivity index (χ2v) is 6.56. The number of carbonyl (C=O) groups is 1. The minimum absolute atomic E-state index is 0.167. The van der Waals surface area contributed by atoms with Gasteiger partial charge in [0.1, 0.15) is 6.54 Å². The summed E-state index contributed by atoms with van der Waals surface area (Å²) in [4.78, 5) is 23.3. The first-order chi connectivity index (χ1) is 11.5. The molecule has 7 nitrogen and oxygen atoms in total. The number of sulfonamides is 1. The van der Waals surface area contributed by atoms with E-state index in [-0.39, 0.29) is 10.6 Å². The first-order valence-electron chi connectivity index (χ1n) is 6.67. The summed E-state index contributed by atoms with van der Waals surface area (Å²) >= 11 is 0. The molecule has 2 aromatic rings. The van der Waals surface area contributed by atoms with Crippen LogP contribution in [0.25, 0.3) is 0 Å². The molecular weight excluding hydrogens is 363 g/mol. The van der Waals surface area contributed by atoms with Crippen LogP contribution in [-0.4, -0.2) is 18.9 Å². The van der Waals surface area contributed by atoms with E-state index in [1.54, 1.807) is 0 Å². The number of rotatable bonds is 4. The van der Waals surface area contributed by atoms with Crippen molar-refractivity contribution < 1.29 is 26.4 Å². The van der Waals surface area contributed by atoms with Gasteiger partial charge < -0.3 is 9.88 Å². The first kappa shape index (κ1) is 18.7. The fraction of sp³-hybridized carbons (Fsp3) is 0.143. The number of amides is 1. The van der Waals surface area contributed by atoms with Crippen molar-refractivity contribution in [3.63, 3.8) is 0 Å². The Labute approximate surface area is 139 Å². The molecule has 0 radical (unpaired) electrons. The third-order valence-electron chi connectivity index (χ3n) is 3.09. The van der Waals surface area contributed by atoms with E-state index in [0.717, 1.165) is 18.2 Å². The molecule has 0 aliphatic carbocycles. The quantitative estimate of drug-likeness (QED) is 0.835. The summed E-state index contributed by atoms with van der Waals surface area (Å²) in [5.74, 6) is -0.759. The molecule has 0 saturated heterocycles. The van der Waals surface area contributed by atoms with E-state index in [9.17, 15) is 31.2 Å². The van der Waals surface area contributed by atoms with Crippen molar-refractivity contribution in [2.75, 3.05) is 5.32 Å². The highest BCUT2D eigenvalue weighted by Crippen LogP contribution is 2.28. The summed E-state index contributed by atoms with van der Waals surface area (Å²) in [5.41, 5.74) is -1.64. The van der Waals surface area contributed by atoms with E-state index >= 15 is 0 Å². The molecule has 0 atom stereocenters. The van der Waals surface area contributed by atoms with E-state index in [1.165, 1.54) is 12.1 Å². The van der Waals surface area contributed by atoms with Crippen LogP contribution in [0.15, 0.2) is 52.3 Å². The summed E-state index contributed by atoms with van der Waals surface area (Å²) in [5, 5.41) is 7.27. The van der Waals surface area contributed by atoms with Crippen LogP contribution in [0.3, 0.4) is 0 Å². The summed E-state index contributed by atoms with van der Waals surface area (Å²) in [6.45, 7) is -0.639. The third kappa shape index (κ3) is 4.90. The molecule has 11 heteroatoms. The summed E-state index contributed by atoms with van der Waals surface area (Å²) < 4.78 is 60.8. The molecule has 2 rings (SSSR count). The number of primary sulfonamides is 1. The van der Waals surface area contributed by atoms with Crippen LogP contribution in [0.5, 0.6) is 0 Å². The predicted molar refractivity (Wildman–Crippen MR) is 82.1 cm³/mol. The standard InChI is InChI=1S/C14H12F3N3O4S/c15-14(16,17)9-1-6-13(22)20(7-9)8-12(21)19-10-2-4-11(5-3-10)25(18,23)24/h1-7H,8H2,(H,19,21)(H2,18,23,24). The second kappa shape index (κ2) is 6.69. The van der Waals surface area contributed by atoms with Crippen molar-refractivity contribution in [3.05, 3.63) is 58.5 Å². The normalized spacial score (nSPS) is 12.0. The first-order valence-corrected chi connectivity index (χ1v) is 8.22. The molecule has 25 heavy (non-hydrogen) atoms. The van der Waals surface area contributed by atoms with Crippen LogP contribution in [0.4, 0.5) is 18.9 Å². The predicted octanol–water partition coefficient (Wildman–Crippen LogP) is 1.15. The van der Waals surface area contributed by atoms with Gasteiger partial charge >= 0.3 is 6.18 Å². The molecule has 1 amide bonds. The Morgan fingerprint density at radius 1 is 1.12 bits per heavy atom. The SMILES string of the molecule is NS(=O)(=O)c1ccc(NC(=O)Cn2cc(C(F)(F)F)ccc2=O)cc1. The Kier molecular flexibility index (Phi) is 4.99. The van der Waals surface area contributed by atoms with Gasteiger partial charge in [-0.1, -0.05) is 0 Å². The molecule has 1 aromatic carbocycles. The van der Waals surface area contributed by atoms with Crippen LogP contribution in [-0.2, 0) is 27.5 Å². The molecule has 134 valence electrons. The van der Waals surface area contributed by atoms with Gasteiger partial charge in [-0.3, -0.25) is 9.59 Å². The van der Waals surface area contributed by atoms with Crippen molar-refractivity contribution in [2.24, 2.45) is 5.14 Å². The molecular formula is C14H12F3N3O4S. The molecule has 0 saturated carbocycles. The maximum absolute atomic E-state index is 12.6. The Balaban J connectivity index is 2.14. The number of halogens is 3. The third-order valence-corrected chi connectivity index (χ3v) is 4.02. The van der Waals surface area contributed by atoms with Gasteiger partial charge in [0.15, 0.2) is 0 Å². The number of nitrogens with zero attached hydrogens (tertiary/aromatic N) is 1. The Bertz CT molecular complexity index is 951. The lowest BCUT2D eigenvalue weighted by molar-refractivity contribution is -0.138.